The first-order valence-corrected chi connectivity index (χ1v) is 7.32. The molecule has 3 nitrogen and oxygen atoms in total. The Kier molecular flexibility index (Phi) is 5.37. The molecule has 2 aromatic rings. The smallest absolute Gasteiger partial charge is 0.119 e. The molecule has 3 heteroatoms. The summed E-state index contributed by atoms with van der Waals surface area (Å²) in [6.07, 6.45) is 0. The topological polar surface area (TPSA) is 41.5 Å². The van der Waals surface area contributed by atoms with Crippen molar-refractivity contribution >= 4 is 0 Å². The summed E-state index contributed by atoms with van der Waals surface area (Å²) < 4.78 is 5.74. The zero-order valence-corrected chi connectivity index (χ0v) is 12.7. The van der Waals surface area contributed by atoms with Crippen molar-refractivity contribution in [2.45, 2.75) is 26.1 Å². The molecule has 0 saturated carbocycles. The lowest BCUT2D eigenvalue weighted by molar-refractivity contribution is 0.0575. The van der Waals surface area contributed by atoms with Gasteiger partial charge in [-0.1, -0.05) is 49.4 Å². The van der Waals surface area contributed by atoms with E-state index in [-0.39, 0.29) is 0 Å². The molecule has 0 aromatic heterocycles. The lowest BCUT2D eigenvalue weighted by atomic mass is 9.96. The normalized spacial score (nSPS) is 13.7. The summed E-state index contributed by atoms with van der Waals surface area (Å²) in [7, 11) is 0. The second-order valence-electron chi connectivity index (χ2n) is 5.35. The SMILES string of the molecule is CCNCC(C)(O)c1ccc(OCc2ccccc2)cc1. The van der Waals surface area contributed by atoms with Gasteiger partial charge in [0, 0.05) is 6.54 Å². The van der Waals surface area contributed by atoms with E-state index in [0.29, 0.717) is 13.2 Å². The van der Waals surface area contributed by atoms with Gasteiger partial charge in [0.25, 0.3) is 0 Å². The lowest BCUT2D eigenvalue weighted by Gasteiger charge is -2.24. The van der Waals surface area contributed by atoms with Gasteiger partial charge >= 0.3 is 0 Å². The van der Waals surface area contributed by atoms with Crippen LogP contribution in [0.15, 0.2) is 54.6 Å². The quantitative estimate of drug-likeness (QED) is 0.821. The van der Waals surface area contributed by atoms with E-state index in [2.05, 4.69) is 5.32 Å². The Morgan fingerprint density at radius 1 is 1.05 bits per heavy atom. The predicted molar refractivity (Wildman–Crippen MR) is 85.3 cm³/mol. The second kappa shape index (κ2) is 7.25. The van der Waals surface area contributed by atoms with E-state index >= 15 is 0 Å². The van der Waals surface area contributed by atoms with Gasteiger partial charge in [-0.05, 0) is 36.7 Å². The third-order valence-electron chi connectivity index (χ3n) is 3.44. The molecule has 2 rings (SSSR count). The summed E-state index contributed by atoms with van der Waals surface area (Å²) >= 11 is 0. The van der Waals surface area contributed by atoms with Crippen molar-refractivity contribution in [3.8, 4) is 5.75 Å². The van der Waals surface area contributed by atoms with Gasteiger partial charge in [-0.3, -0.25) is 0 Å². The molecule has 0 heterocycles. The van der Waals surface area contributed by atoms with Gasteiger partial charge in [-0.2, -0.15) is 0 Å². The fourth-order valence-electron chi connectivity index (χ4n) is 2.12. The minimum Gasteiger partial charge on any atom is -0.489 e. The standard InChI is InChI=1S/C18H23NO2/c1-3-19-14-18(2,20)16-9-11-17(12-10-16)21-13-15-7-5-4-6-8-15/h4-12,19-20H,3,13-14H2,1-2H3. The average Bonchev–Trinajstić information content (AvgIpc) is 2.52. The number of benzene rings is 2. The Hall–Kier alpha value is -1.84. The van der Waals surface area contributed by atoms with Crippen LogP contribution in [0, 0.1) is 0 Å². The van der Waals surface area contributed by atoms with Crippen molar-refractivity contribution < 1.29 is 9.84 Å². The van der Waals surface area contributed by atoms with E-state index in [1.165, 1.54) is 0 Å². The minimum absolute atomic E-state index is 0.535. The van der Waals surface area contributed by atoms with Crippen molar-refractivity contribution in [2.24, 2.45) is 0 Å². The highest BCUT2D eigenvalue weighted by atomic mass is 16.5. The predicted octanol–water partition coefficient (Wildman–Crippen LogP) is 3.08. The van der Waals surface area contributed by atoms with Gasteiger partial charge in [0.2, 0.25) is 0 Å². The summed E-state index contributed by atoms with van der Waals surface area (Å²) in [5.41, 5.74) is 1.16. The molecular weight excluding hydrogens is 262 g/mol. The van der Waals surface area contributed by atoms with Gasteiger partial charge in [0.05, 0.1) is 5.60 Å². The highest BCUT2D eigenvalue weighted by molar-refractivity contribution is 5.31. The van der Waals surface area contributed by atoms with Gasteiger partial charge in [0.1, 0.15) is 12.4 Å². The first-order valence-electron chi connectivity index (χ1n) is 7.32. The molecule has 2 aromatic carbocycles. The zero-order chi connectivity index (χ0) is 15.1. The van der Waals surface area contributed by atoms with Gasteiger partial charge in [-0.15, -0.1) is 0 Å². The maximum atomic E-state index is 10.4. The third kappa shape index (κ3) is 4.59. The van der Waals surface area contributed by atoms with Gasteiger partial charge in [-0.25, -0.2) is 0 Å². The summed E-state index contributed by atoms with van der Waals surface area (Å²) in [4.78, 5) is 0. The largest absolute Gasteiger partial charge is 0.489 e. The zero-order valence-electron chi connectivity index (χ0n) is 12.7. The molecular formula is C18H23NO2. The lowest BCUT2D eigenvalue weighted by Crippen LogP contribution is -2.35. The number of hydrogen-bond donors (Lipinski definition) is 2. The molecule has 21 heavy (non-hydrogen) atoms. The summed E-state index contributed by atoms with van der Waals surface area (Å²) in [5.74, 6) is 0.807. The Labute approximate surface area is 126 Å². The van der Waals surface area contributed by atoms with E-state index in [4.69, 9.17) is 4.74 Å². The first-order chi connectivity index (χ1) is 10.1. The molecule has 0 radical (unpaired) electrons. The molecule has 1 atom stereocenters. The number of nitrogens with one attached hydrogen (secondary N) is 1. The Bertz CT molecular complexity index is 535. The van der Waals surface area contributed by atoms with Crippen LogP contribution in [0.25, 0.3) is 0 Å². The van der Waals surface area contributed by atoms with E-state index in [0.717, 1.165) is 23.4 Å². The van der Waals surface area contributed by atoms with Crippen LogP contribution < -0.4 is 10.1 Å². The van der Waals surface area contributed by atoms with Crippen LogP contribution >= 0.6 is 0 Å². The molecule has 0 aliphatic heterocycles. The molecule has 0 fully saturated rings. The van der Waals surface area contributed by atoms with Crippen molar-refractivity contribution in [3.63, 3.8) is 0 Å². The van der Waals surface area contributed by atoms with E-state index in [9.17, 15) is 5.11 Å². The fraction of sp³-hybridized carbons (Fsp3) is 0.333. The van der Waals surface area contributed by atoms with Crippen LogP contribution in [0.4, 0.5) is 0 Å². The number of hydrogen-bond acceptors (Lipinski definition) is 3. The number of rotatable bonds is 7. The van der Waals surface area contributed by atoms with Crippen molar-refractivity contribution in [1.82, 2.24) is 5.32 Å². The Morgan fingerprint density at radius 3 is 2.33 bits per heavy atom. The van der Waals surface area contributed by atoms with Crippen LogP contribution in [-0.2, 0) is 12.2 Å². The van der Waals surface area contributed by atoms with E-state index < -0.39 is 5.60 Å². The van der Waals surface area contributed by atoms with Crippen molar-refractivity contribution in [3.05, 3.63) is 65.7 Å². The van der Waals surface area contributed by atoms with Crippen LogP contribution in [-0.4, -0.2) is 18.2 Å². The number of aliphatic hydroxyl groups is 1. The summed E-state index contributed by atoms with van der Waals surface area (Å²) in [6, 6.07) is 17.7. The first kappa shape index (κ1) is 15.5. The maximum Gasteiger partial charge on any atom is 0.119 e. The van der Waals surface area contributed by atoms with Crippen LogP contribution in [0.2, 0.25) is 0 Å². The van der Waals surface area contributed by atoms with Crippen LogP contribution in [0.3, 0.4) is 0 Å². The fourth-order valence-corrected chi connectivity index (χ4v) is 2.12. The van der Waals surface area contributed by atoms with Gasteiger partial charge < -0.3 is 15.2 Å². The molecule has 0 bridgehead atoms. The molecule has 1 unspecified atom stereocenters. The highest BCUT2D eigenvalue weighted by Gasteiger charge is 2.22. The summed E-state index contributed by atoms with van der Waals surface area (Å²) in [6.45, 7) is 5.77. The molecule has 2 N–H and O–H groups in total. The molecule has 0 aliphatic rings. The van der Waals surface area contributed by atoms with E-state index in [1.807, 2.05) is 68.4 Å². The highest BCUT2D eigenvalue weighted by Crippen LogP contribution is 2.23. The molecule has 0 amide bonds. The maximum absolute atomic E-state index is 10.4. The Balaban J connectivity index is 1.95. The van der Waals surface area contributed by atoms with E-state index in [1.54, 1.807) is 0 Å². The molecule has 112 valence electrons. The second-order valence-corrected chi connectivity index (χ2v) is 5.35. The van der Waals surface area contributed by atoms with Gasteiger partial charge in [0.15, 0.2) is 0 Å². The number of ether oxygens (including phenoxy) is 1. The average molecular weight is 285 g/mol. The van der Waals surface area contributed by atoms with Crippen molar-refractivity contribution in [1.29, 1.82) is 0 Å². The molecule has 0 saturated heterocycles. The van der Waals surface area contributed by atoms with Crippen molar-refractivity contribution in [2.75, 3.05) is 13.1 Å². The minimum atomic E-state index is -0.867. The molecule has 0 aliphatic carbocycles. The number of likely N-dealkylation sites (N-methyl/N-ethyl adjacent to an activating group) is 1. The van der Waals surface area contributed by atoms with Crippen LogP contribution in [0.5, 0.6) is 5.75 Å². The monoisotopic (exact) mass is 285 g/mol. The molecule has 0 spiro atoms. The van der Waals surface area contributed by atoms with Crippen LogP contribution in [0.1, 0.15) is 25.0 Å². The summed E-state index contributed by atoms with van der Waals surface area (Å²) in [5, 5.41) is 13.6. The Morgan fingerprint density at radius 2 is 1.71 bits per heavy atom. The third-order valence-corrected chi connectivity index (χ3v) is 3.44.